The number of halogens is 3. The zero-order chi connectivity index (χ0) is 14.8. The molecule has 0 saturated heterocycles. The number of rotatable bonds is 3. The van der Waals surface area contributed by atoms with Gasteiger partial charge in [-0.25, -0.2) is 0 Å². The Labute approximate surface area is 117 Å². The molecule has 1 aliphatic rings. The smallest absolute Gasteiger partial charge is 0.382 e. The Bertz CT molecular complexity index is 488. The van der Waals surface area contributed by atoms with Crippen LogP contribution in [-0.2, 0) is 6.18 Å². The van der Waals surface area contributed by atoms with Crippen molar-refractivity contribution in [1.29, 1.82) is 0 Å². The monoisotopic (exact) mass is 284 g/mol. The zero-order valence-electron chi connectivity index (χ0n) is 11.6. The summed E-state index contributed by atoms with van der Waals surface area (Å²) in [5.41, 5.74) is 0.208. The number of nitrogens with zero attached hydrogens (tertiary/aromatic N) is 1. The highest BCUT2D eigenvalue weighted by molar-refractivity contribution is 5.64. The van der Waals surface area contributed by atoms with Crippen LogP contribution in [0.15, 0.2) is 18.8 Å². The fourth-order valence-corrected chi connectivity index (χ4v) is 2.60. The van der Waals surface area contributed by atoms with Crippen molar-refractivity contribution in [2.45, 2.75) is 51.2 Å². The van der Waals surface area contributed by atoms with E-state index in [1.165, 1.54) is 18.7 Å². The first-order valence-corrected chi connectivity index (χ1v) is 6.87. The topological polar surface area (TPSA) is 24.9 Å². The van der Waals surface area contributed by atoms with Crippen LogP contribution in [0.1, 0.15) is 48.9 Å². The zero-order valence-corrected chi connectivity index (χ0v) is 11.6. The van der Waals surface area contributed by atoms with Gasteiger partial charge in [0.1, 0.15) is 0 Å². The lowest BCUT2D eigenvalue weighted by Gasteiger charge is -2.26. The Morgan fingerprint density at radius 1 is 1.30 bits per heavy atom. The van der Waals surface area contributed by atoms with E-state index in [9.17, 15) is 13.2 Å². The summed E-state index contributed by atoms with van der Waals surface area (Å²) < 4.78 is 39.0. The van der Waals surface area contributed by atoms with Gasteiger partial charge in [0.2, 0.25) is 0 Å². The summed E-state index contributed by atoms with van der Waals surface area (Å²) in [7, 11) is 0. The molecule has 1 saturated carbocycles. The molecule has 2 nitrogen and oxygen atoms in total. The highest BCUT2D eigenvalue weighted by atomic mass is 19.4. The van der Waals surface area contributed by atoms with Gasteiger partial charge in [0.15, 0.2) is 5.69 Å². The highest BCUT2D eigenvalue weighted by Gasteiger charge is 2.36. The Hall–Kier alpha value is -1.52. The molecule has 1 aromatic heterocycles. The Morgan fingerprint density at radius 3 is 2.55 bits per heavy atom. The summed E-state index contributed by atoms with van der Waals surface area (Å²) in [5.74, 6) is 0. The van der Waals surface area contributed by atoms with Gasteiger partial charge in [-0.05, 0) is 31.4 Å². The van der Waals surface area contributed by atoms with E-state index in [0.29, 0.717) is 11.3 Å². The number of nitrogens with one attached hydrogen (secondary N) is 1. The SMILES string of the molecule is C=C(NC1CCCCC1)c1cc(C)cnc1C(F)(F)F. The molecule has 2 rings (SSSR count). The fraction of sp³-hybridized carbons (Fsp3) is 0.533. The van der Waals surface area contributed by atoms with Crippen molar-refractivity contribution in [2.75, 3.05) is 0 Å². The standard InChI is InChI=1S/C15H19F3N2/c1-10-8-13(14(19-9-10)15(16,17)18)11(2)20-12-6-4-3-5-7-12/h8-9,12,20H,2-7H2,1H3. The van der Waals surface area contributed by atoms with Crippen molar-refractivity contribution >= 4 is 5.70 Å². The van der Waals surface area contributed by atoms with Gasteiger partial charge < -0.3 is 5.32 Å². The summed E-state index contributed by atoms with van der Waals surface area (Å²) in [6.07, 6.45) is 2.18. The lowest BCUT2D eigenvalue weighted by molar-refractivity contribution is -0.141. The second-order valence-corrected chi connectivity index (χ2v) is 5.36. The minimum absolute atomic E-state index is 0.0584. The van der Waals surface area contributed by atoms with Crippen molar-refractivity contribution in [2.24, 2.45) is 0 Å². The van der Waals surface area contributed by atoms with Gasteiger partial charge in [0.25, 0.3) is 0 Å². The number of aryl methyl sites for hydroxylation is 1. The average Bonchev–Trinajstić information content (AvgIpc) is 2.38. The number of pyridine rings is 1. The molecule has 0 radical (unpaired) electrons. The second kappa shape index (κ2) is 5.85. The average molecular weight is 284 g/mol. The molecule has 1 aromatic rings. The van der Waals surface area contributed by atoms with E-state index in [1.54, 1.807) is 6.92 Å². The molecule has 1 fully saturated rings. The van der Waals surface area contributed by atoms with Crippen LogP contribution < -0.4 is 5.32 Å². The summed E-state index contributed by atoms with van der Waals surface area (Å²) in [5, 5.41) is 3.14. The molecule has 20 heavy (non-hydrogen) atoms. The van der Waals surface area contributed by atoms with E-state index < -0.39 is 11.9 Å². The molecule has 1 N–H and O–H groups in total. The Morgan fingerprint density at radius 2 is 1.95 bits per heavy atom. The summed E-state index contributed by atoms with van der Waals surface area (Å²) in [6, 6.07) is 1.71. The third-order valence-electron chi connectivity index (χ3n) is 3.60. The molecule has 0 amide bonds. The van der Waals surface area contributed by atoms with Crippen LogP contribution in [0.2, 0.25) is 0 Å². The predicted octanol–water partition coefficient (Wildman–Crippen LogP) is 4.30. The minimum Gasteiger partial charge on any atom is -0.382 e. The molecule has 0 aliphatic heterocycles. The predicted molar refractivity (Wildman–Crippen MR) is 73.0 cm³/mol. The van der Waals surface area contributed by atoms with Crippen LogP contribution in [0.25, 0.3) is 5.70 Å². The third kappa shape index (κ3) is 3.52. The summed E-state index contributed by atoms with van der Waals surface area (Å²) >= 11 is 0. The maximum atomic E-state index is 13.0. The van der Waals surface area contributed by atoms with Crippen molar-refractivity contribution < 1.29 is 13.2 Å². The van der Waals surface area contributed by atoms with E-state index in [-0.39, 0.29) is 11.6 Å². The minimum atomic E-state index is -4.46. The number of alkyl halides is 3. The van der Waals surface area contributed by atoms with Gasteiger partial charge in [-0.2, -0.15) is 13.2 Å². The van der Waals surface area contributed by atoms with E-state index in [2.05, 4.69) is 16.9 Å². The first-order chi connectivity index (χ1) is 9.38. The van der Waals surface area contributed by atoms with E-state index in [0.717, 1.165) is 25.7 Å². The molecule has 1 heterocycles. The van der Waals surface area contributed by atoms with E-state index in [4.69, 9.17) is 0 Å². The van der Waals surface area contributed by atoms with Crippen LogP contribution in [0.4, 0.5) is 13.2 Å². The van der Waals surface area contributed by atoms with Gasteiger partial charge in [-0.1, -0.05) is 25.8 Å². The van der Waals surface area contributed by atoms with Gasteiger partial charge in [-0.15, -0.1) is 0 Å². The summed E-state index contributed by atoms with van der Waals surface area (Å²) in [6.45, 7) is 5.51. The largest absolute Gasteiger partial charge is 0.434 e. The number of hydrogen-bond donors (Lipinski definition) is 1. The van der Waals surface area contributed by atoms with Gasteiger partial charge in [0, 0.05) is 23.5 Å². The maximum Gasteiger partial charge on any atom is 0.434 e. The molecule has 0 aromatic carbocycles. The molecule has 5 heteroatoms. The lowest BCUT2D eigenvalue weighted by Crippen LogP contribution is -2.30. The first-order valence-electron chi connectivity index (χ1n) is 6.87. The van der Waals surface area contributed by atoms with Crippen LogP contribution in [0.3, 0.4) is 0 Å². The quantitative estimate of drug-likeness (QED) is 0.895. The molecular weight excluding hydrogens is 265 g/mol. The normalized spacial score (nSPS) is 17.0. The van der Waals surface area contributed by atoms with Crippen molar-refractivity contribution in [1.82, 2.24) is 10.3 Å². The molecule has 0 atom stereocenters. The summed E-state index contributed by atoms with van der Waals surface area (Å²) in [4.78, 5) is 3.54. The highest BCUT2D eigenvalue weighted by Crippen LogP contribution is 2.33. The third-order valence-corrected chi connectivity index (χ3v) is 3.60. The molecule has 0 unspecified atom stereocenters. The van der Waals surface area contributed by atoms with Crippen LogP contribution >= 0.6 is 0 Å². The molecule has 0 spiro atoms. The Balaban J connectivity index is 2.21. The number of hydrogen-bond acceptors (Lipinski definition) is 2. The maximum absolute atomic E-state index is 13.0. The van der Waals surface area contributed by atoms with Crippen LogP contribution in [0.5, 0.6) is 0 Å². The fourth-order valence-electron chi connectivity index (χ4n) is 2.60. The van der Waals surface area contributed by atoms with E-state index >= 15 is 0 Å². The molecule has 0 bridgehead atoms. The van der Waals surface area contributed by atoms with Gasteiger partial charge >= 0.3 is 6.18 Å². The van der Waals surface area contributed by atoms with Crippen molar-refractivity contribution in [3.05, 3.63) is 35.7 Å². The molecular formula is C15H19F3N2. The lowest BCUT2D eigenvalue weighted by atomic mass is 9.95. The van der Waals surface area contributed by atoms with Crippen molar-refractivity contribution in [3.63, 3.8) is 0 Å². The molecule has 110 valence electrons. The van der Waals surface area contributed by atoms with Crippen LogP contribution in [-0.4, -0.2) is 11.0 Å². The molecule has 1 aliphatic carbocycles. The van der Waals surface area contributed by atoms with Crippen molar-refractivity contribution in [3.8, 4) is 0 Å². The second-order valence-electron chi connectivity index (χ2n) is 5.36. The van der Waals surface area contributed by atoms with Crippen LogP contribution in [0, 0.1) is 6.92 Å². The van der Waals surface area contributed by atoms with Gasteiger partial charge in [0.05, 0.1) is 0 Å². The number of aromatic nitrogens is 1. The Kier molecular flexibility index (Phi) is 4.35. The van der Waals surface area contributed by atoms with Gasteiger partial charge in [-0.3, -0.25) is 4.98 Å². The van der Waals surface area contributed by atoms with E-state index in [1.807, 2.05) is 0 Å². The first kappa shape index (κ1) is 14.9.